The van der Waals surface area contributed by atoms with Gasteiger partial charge in [0.2, 0.25) is 0 Å². The summed E-state index contributed by atoms with van der Waals surface area (Å²) in [5.74, 6) is 3.40. The van der Waals surface area contributed by atoms with Crippen molar-refractivity contribution in [2.75, 3.05) is 33.9 Å². The maximum absolute atomic E-state index is 5.41. The van der Waals surface area contributed by atoms with E-state index in [9.17, 15) is 0 Å². The van der Waals surface area contributed by atoms with Gasteiger partial charge in [-0.2, -0.15) is 0 Å². The first-order valence-corrected chi connectivity index (χ1v) is 9.60. The Morgan fingerprint density at radius 3 is 2.55 bits per heavy atom. The molecule has 1 aromatic heterocycles. The number of aromatic nitrogens is 3. The van der Waals surface area contributed by atoms with E-state index < -0.39 is 0 Å². The monoisotopic (exact) mass is 516 g/mol. The minimum atomic E-state index is 0. The second-order valence-electron chi connectivity index (χ2n) is 6.54. The summed E-state index contributed by atoms with van der Waals surface area (Å²) in [4.78, 5) is 6.86. The zero-order valence-electron chi connectivity index (χ0n) is 18.0. The van der Waals surface area contributed by atoms with Gasteiger partial charge in [-0.3, -0.25) is 0 Å². The summed E-state index contributed by atoms with van der Waals surface area (Å²) in [6.45, 7) is 7.42. The average molecular weight is 516 g/mol. The Morgan fingerprint density at radius 2 is 1.97 bits per heavy atom. The second-order valence-corrected chi connectivity index (χ2v) is 6.54. The molecule has 0 amide bonds. The topological polar surface area (TPSA) is 76.8 Å². The molecule has 0 aliphatic carbocycles. The molecule has 0 aliphatic heterocycles. The van der Waals surface area contributed by atoms with Crippen LogP contribution in [0.2, 0.25) is 0 Å². The molecule has 0 saturated heterocycles. The number of benzene rings is 1. The van der Waals surface area contributed by atoms with Gasteiger partial charge in [0.15, 0.2) is 11.8 Å². The Bertz CT molecular complexity index is 748. The lowest BCUT2D eigenvalue weighted by molar-refractivity contribution is 0.145. The van der Waals surface area contributed by atoms with Crippen molar-refractivity contribution in [1.82, 2.24) is 25.0 Å². The van der Waals surface area contributed by atoms with E-state index >= 15 is 0 Å². The molecule has 0 saturated carbocycles. The molecule has 0 aliphatic rings. The third-order valence-electron chi connectivity index (χ3n) is 4.45. The molecule has 9 heteroatoms. The molecule has 8 nitrogen and oxygen atoms in total. The normalized spacial score (nSPS) is 11.1. The number of aliphatic imine (C=N–C) groups is 1. The SMILES string of the molecule is CCOCCCNC(=NCc1nnc(C)n1C)N(C)Cc1ccc(OC)cc1.I. The summed E-state index contributed by atoms with van der Waals surface area (Å²) < 4.78 is 12.6. The Kier molecular flexibility index (Phi) is 11.6. The smallest absolute Gasteiger partial charge is 0.194 e. The van der Waals surface area contributed by atoms with Crippen LogP contribution < -0.4 is 10.1 Å². The zero-order valence-corrected chi connectivity index (χ0v) is 20.3. The number of ether oxygens (including phenoxy) is 2. The van der Waals surface area contributed by atoms with Crippen molar-refractivity contribution in [1.29, 1.82) is 0 Å². The molecule has 1 N–H and O–H groups in total. The maximum Gasteiger partial charge on any atom is 0.194 e. The molecule has 0 atom stereocenters. The number of rotatable bonds is 10. The highest BCUT2D eigenvalue weighted by atomic mass is 127. The van der Waals surface area contributed by atoms with Crippen LogP contribution in [0, 0.1) is 6.92 Å². The first kappa shape index (κ1) is 25.2. The summed E-state index contributed by atoms with van der Waals surface area (Å²) in [7, 11) is 5.66. The minimum absolute atomic E-state index is 0. The highest BCUT2D eigenvalue weighted by Crippen LogP contribution is 2.12. The molecule has 0 radical (unpaired) electrons. The quantitative estimate of drug-likeness (QED) is 0.227. The highest BCUT2D eigenvalue weighted by molar-refractivity contribution is 14.0. The maximum atomic E-state index is 5.41. The third kappa shape index (κ3) is 8.17. The fraction of sp³-hybridized carbons (Fsp3) is 0.550. The van der Waals surface area contributed by atoms with E-state index in [2.05, 4.69) is 32.5 Å². The lowest BCUT2D eigenvalue weighted by atomic mass is 10.2. The molecule has 0 spiro atoms. The molecule has 0 unspecified atom stereocenters. The van der Waals surface area contributed by atoms with E-state index in [1.807, 2.05) is 44.6 Å². The fourth-order valence-electron chi connectivity index (χ4n) is 2.64. The molecule has 0 fully saturated rings. The van der Waals surface area contributed by atoms with Crippen LogP contribution >= 0.6 is 24.0 Å². The van der Waals surface area contributed by atoms with E-state index in [0.29, 0.717) is 6.54 Å². The van der Waals surface area contributed by atoms with Gasteiger partial charge in [0.1, 0.15) is 18.1 Å². The molecular weight excluding hydrogens is 483 g/mol. The lowest BCUT2D eigenvalue weighted by Crippen LogP contribution is -2.39. The van der Waals surface area contributed by atoms with Crippen molar-refractivity contribution in [3.05, 3.63) is 41.5 Å². The highest BCUT2D eigenvalue weighted by Gasteiger charge is 2.10. The van der Waals surface area contributed by atoms with Gasteiger partial charge in [0.25, 0.3) is 0 Å². The number of methoxy groups -OCH3 is 1. The molecule has 2 rings (SSSR count). The van der Waals surface area contributed by atoms with Crippen molar-refractivity contribution in [3.8, 4) is 5.75 Å². The Hall–Kier alpha value is -1.88. The molecule has 162 valence electrons. The van der Waals surface area contributed by atoms with Crippen molar-refractivity contribution < 1.29 is 9.47 Å². The summed E-state index contributed by atoms with van der Waals surface area (Å²) in [5, 5.41) is 11.7. The van der Waals surface area contributed by atoms with Gasteiger partial charge >= 0.3 is 0 Å². The summed E-state index contributed by atoms with van der Waals surface area (Å²) in [5.41, 5.74) is 1.18. The minimum Gasteiger partial charge on any atom is -0.497 e. The zero-order chi connectivity index (χ0) is 20.4. The second kappa shape index (κ2) is 13.4. The number of nitrogens with zero attached hydrogens (tertiary/aromatic N) is 5. The number of hydrogen-bond donors (Lipinski definition) is 1. The number of hydrogen-bond acceptors (Lipinski definition) is 5. The third-order valence-corrected chi connectivity index (χ3v) is 4.45. The number of nitrogens with one attached hydrogen (secondary N) is 1. The number of guanidine groups is 1. The fourth-order valence-corrected chi connectivity index (χ4v) is 2.64. The van der Waals surface area contributed by atoms with Gasteiger partial charge in [0.05, 0.1) is 7.11 Å². The van der Waals surface area contributed by atoms with Gasteiger partial charge in [-0.05, 0) is 38.0 Å². The summed E-state index contributed by atoms with van der Waals surface area (Å²) in [6.07, 6.45) is 0.923. The van der Waals surface area contributed by atoms with E-state index in [-0.39, 0.29) is 24.0 Å². The molecule has 2 aromatic rings. The summed E-state index contributed by atoms with van der Waals surface area (Å²) >= 11 is 0. The molecule has 0 bridgehead atoms. The van der Waals surface area contributed by atoms with Crippen LogP contribution in [0.3, 0.4) is 0 Å². The van der Waals surface area contributed by atoms with Crippen molar-refractivity contribution in [3.63, 3.8) is 0 Å². The van der Waals surface area contributed by atoms with Gasteiger partial charge in [-0.1, -0.05) is 12.1 Å². The van der Waals surface area contributed by atoms with Crippen molar-refractivity contribution >= 4 is 29.9 Å². The number of aryl methyl sites for hydroxylation is 1. The molecular formula is C20H33IN6O2. The van der Waals surface area contributed by atoms with Crippen LogP contribution in [0.15, 0.2) is 29.3 Å². The van der Waals surface area contributed by atoms with Crippen LogP contribution in [0.25, 0.3) is 0 Å². The van der Waals surface area contributed by atoms with E-state index in [4.69, 9.17) is 14.5 Å². The lowest BCUT2D eigenvalue weighted by Gasteiger charge is -2.23. The van der Waals surface area contributed by atoms with Crippen LogP contribution in [0.5, 0.6) is 5.75 Å². The Morgan fingerprint density at radius 1 is 1.24 bits per heavy atom. The predicted octanol–water partition coefficient (Wildman–Crippen LogP) is 2.75. The van der Waals surface area contributed by atoms with Gasteiger partial charge in [0, 0.05) is 40.4 Å². The molecule has 1 aromatic carbocycles. The standard InChI is InChI=1S/C20H32N6O2.HI/c1-6-28-13-7-12-21-20(22-14-19-24-23-16(2)26(19)4)25(3)15-17-8-10-18(27-5)11-9-17;/h8-11H,6-7,12-15H2,1-5H3,(H,21,22);1H. The molecule has 1 heterocycles. The van der Waals surface area contributed by atoms with Crippen molar-refractivity contribution in [2.45, 2.75) is 33.4 Å². The van der Waals surface area contributed by atoms with Crippen LogP contribution in [0.1, 0.15) is 30.6 Å². The molecule has 29 heavy (non-hydrogen) atoms. The Balaban J connectivity index is 0.00000420. The van der Waals surface area contributed by atoms with Crippen molar-refractivity contribution in [2.24, 2.45) is 12.0 Å². The van der Waals surface area contributed by atoms with Gasteiger partial charge < -0.3 is 24.3 Å². The van der Waals surface area contributed by atoms with Crippen LogP contribution in [-0.2, 0) is 24.9 Å². The van der Waals surface area contributed by atoms with Gasteiger partial charge in [-0.25, -0.2) is 4.99 Å². The number of halogens is 1. The van der Waals surface area contributed by atoms with Crippen LogP contribution in [0.4, 0.5) is 0 Å². The van der Waals surface area contributed by atoms with E-state index in [0.717, 1.165) is 56.1 Å². The Labute approximate surface area is 190 Å². The summed E-state index contributed by atoms with van der Waals surface area (Å²) in [6, 6.07) is 8.07. The predicted molar refractivity (Wildman–Crippen MR) is 126 cm³/mol. The largest absolute Gasteiger partial charge is 0.497 e. The van der Waals surface area contributed by atoms with Gasteiger partial charge in [-0.15, -0.1) is 34.2 Å². The average Bonchev–Trinajstić information content (AvgIpc) is 3.02. The first-order valence-electron chi connectivity index (χ1n) is 9.60. The first-order chi connectivity index (χ1) is 13.5. The van der Waals surface area contributed by atoms with E-state index in [1.165, 1.54) is 5.56 Å². The van der Waals surface area contributed by atoms with E-state index in [1.54, 1.807) is 7.11 Å². The van der Waals surface area contributed by atoms with Crippen LogP contribution in [-0.4, -0.2) is 59.5 Å².